The number of ether oxygens (including phenoxy) is 2. The summed E-state index contributed by atoms with van der Waals surface area (Å²) in [4.78, 5) is 23.9. The van der Waals surface area contributed by atoms with Gasteiger partial charge in [0.2, 0.25) is 5.54 Å². The molecule has 1 unspecified atom stereocenters. The van der Waals surface area contributed by atoms with Crippen molar-refractivity contribution < 1.29 is 32.2 Å². The topological polar surface area (TPSA) is 64.6 Å². The van der Waals surface area contributed by atoms with E-state index in [9.17, 15) is 22.8 Å². The fourth-order valence-corrected chi connectivity index (χ4v) is 2.01. The van der Waals surface area contributed by atoms with Crippen molar-refractivity contribution in [2.75, 3.05) is 7.11 Å². The summed E-state index contributed by atoms with van der Waals surface area (Å²) in [6.45, 7) is 4.49. The Balaban J connectivity index is 3.27. The number of alkyl halides is 3. The molecule has 0 aliphatic carbocycles. The van der Waals surface area contributed by atoms with Crippen LogP contribution in [0.5, 0.6) is 0 Å². The molecule has 0 fully saturated rings. The molecule has 134 valence electrons. The van der Waals surface area contributed by atoms with Crippen LogP contribution in [-0.2, 0) is 20.7 Å². The SMILES string of the molecule is COC(=O)C(Cc1ccccc1)(NC(=O)OC(C)(C)C)C(F)(F)F. The molecule has 5 nitrogen and oxygen atoms in total. The number of halogens is 3. The highest BCUT2D eigenvalue weighted by molar-refractivity contribution is 5.87. The molecule has 24 heavy (non-hydrogen) atoms. The summed E-state index contributed by atoms with van der Waals surface area (Å²) < 4.78 is 50.3. The predicted octanol–water partition coefficient (Wildman–Crippen LogP) is 3.23. The minimum atomic E-state index is -5.09. The Bertz CT molecular complexity index is 581. The van der Waals surface area contributed by atoms with E-state index in [4.69, 9.17) is 4.74 Å². The first-order valence-electron chi connectivity index (χ1n) is 7.11. The first-order valence-corrected chi connectivity index (χ1v) is 7.11. The number of alkyl carbamates (subject to hydrolysis) is 1. The number of carbonyl (C=O) groups is 2. The summed E-state index contributed by atoms with van der Waals surface area (Å²) in [5, 5.41) is 1.67. The molecule has 1 N–H and O–H groups in total. The first kappa shape index (κ1) is 19.8. The van der Waals surface area contributed by atoms with Gasteiger partial charge in [-0.15, -0.1) is 0 Å². The zero-order chi connectivity index (χ0) is 18.6. The maximum absolute atomic E-state index is 13.7. The van der Waals surface area contributed by atoms with E-state index >= 15 is 0 Å². The molecule has 0 spiro atoms. The van der Waals surface area contributed by atoms with E-state index in [1.54, 1.807) is 11.4 Å². The number of esters is 1. The van der Waals surface area contributed by atoms with E-state index in [1.165, 1.54) is 45.0 Å². The number of carbonyl (C=O) groups excluding carboxylic acids is 2. The standard InChI is InChI=1S/C16H20F3NO4/c1-14(2,3)24-13(22)20-15(12(21)23-4,16(17,18)19)10-11-8-6-5-7-9-11/h5-9H,10H2,1-4H3,(H,20,22). The van der Waals surface area contributed by atoms with E-state index in [0.717, 1.165) is 7.11 Å². The van der Waals surface area contributed by atoms with Crippen LogP contribution >= 0.6 is 0 Å². The molecule has 1 aromatic rings. The van der Waals surface area contributed by atoms with E-state index in [1.807, 2.05) is 0 Å². The normalized spacial score (nSPS) is 14.5. The molecule has 1 aromatic carbocycles. The molecule has 0 bridgehead atoms. The van der Waals surface area contributed by atoms with Crippen LogP contribution in [0, 0.1) is 0 Å². The molecular weight excluding hydrogens is 327 g/mol. The van der Waals surface area contributed by atoms with Crippen molar-refractivity contribution in [3.63, 3.8) is 0 Å². The van der Waals surface area contributed by atoms with Gasteiger partial charge in [0.25, 0.3) is 0 Å². The highest BCUT2D eigenvalue weighted by Gasteiger charge is 2.63. The van der Waals surface area contributed by atoms with Gasteiger partial charge < -0.3 is 9.47 Å². The van der Waals surface area contributed by atoms with Gasteiger partial charge in [-0.3, -0.25) is 5.32 Å². The third-order valence-electron chi connectivity index (χ3n) is 3.04. The van der Waals surface area contributed by atoms with Crippen LogP contribution in [0.2, 0.25) is 0 Å². The lowest BCUT2D eigenvalue weighted by Gasteiger charge is -2.34. The second kappa shape index (κ2) is 7.11. The molecule has 0 aliphatic rings. The Morgan fingerprint density at radius 1 is 1.08 bits per heavy atom. The van der Waals surface area contributed by atoms with Crippen molar-refractivity contribution >= 4 is 12.1 Å². The lowest BCUT2D eigenvalue weighted by molar-refractivity contribution is -0.210. The Morgan fingerprint density at radius 3 is 2.04 bits per heavy atom. The molecule has 0 saturated carbocycles. The van der Waals surface area contributed by atoms with Crippen molar-refractivity contribution in [1.29, 1.82) is 0 Å². The molecule has 0 saturated heterocycles. The van der Waals surface area contributed by atoms with Crippen molar-refractivity contribution in [2.24, 2.45) is 0 Å². The number of methoxy groups -OCH3 is 1. The van der Waals surface area contributed by atoms with E-state index < -0.39 is 35.8 Å². The van der Waals surface area contributed by atoms with Crippen molar-refractivity contribution in [2.45, 2.75) is 44.5 Å². The highest BCUT2D eigenvalue weighted by Crippen LogP contribution is 2.35. The van der Waals surface area contributed by atoms with Crippen LogP contribution in [-0.4, -0.2) is 36.5 Å². The van der Waals surface area contributed by atoms with Crippen molar-refractivity contribution in [3.05, 3.63) is 35.9 Å². The lowest BCUT2D eigenvalue weighted by atomic mass is 9.90. The van der Waals surface area contributed by atoms with Gasteiger partial charge in [0, 0.05) is 6.42 Å². The maximum atomic E-state index is 13.7. The van der Waals surface area contributed by atoms with Crippen LogP contribution < -0.4 is 5.32 Å². The third kappa shape index (κ3) is 4.87. The van der Waals surface area contributed by atoms with E-state index in [-0.39, 0.29) is 5.56 Å². The van der Waals surface area contributed by atoms with Gasteiger partial charge in [0.15, 0.2) is 0 Å². The smallest absolute Gasteiger partial charge is 0.422 e. The summed E-state index contributed by atoms with van der Waals surface area (Å²) >= 11 is 0. The van der Waals surface area contributed by atoms with Crippen LogP contribution in [0.3, 0.4) is 0 Å². The molecule has 1 rings (SSSR count). The Morgan fingerprint density at radius 2 is 1.62 bits per heavy atom. The summed E-state index contributed by atoms with van der Waals surface area (Å²) in [6, 6.07) is 7.51. The number of hydrogen-bond acceptors (Lipinski definition) is 4. The second-order valence-electron chi connectivity index (χ2n) is 6.18. The number of benzene rings is 1. The average molecular weight is 347 g/mol. The largest absolute Gasteiger partial charge is 0.467 e. The summed E-state index contributed by atoms with van der Waals surface area (Å²) in [7, 11) is 0.824. The summed E-state index contributed by atoms with van der Waals surface area (Å²) in [6.07, 6.45) is -7.27. The maximum Gasteiger partial charge on any atom is 0.422 e. The minimum Gasteiger partial charge on any atom is -0.467 e. The molecule has 0 heterocycles. The van der Waals surface area contributed by atoms with E-state index in [2.05, 4.69) is 4.74 Å². The summed E-state index contributed by atoms with van der Waals surface area (Å²) in [5.41, 5.74) is -4.06. The fourth-order valence-electron chi connectivity index (χ4n) is 2.01. The van der Waals surface area contributed by atoms with Crippen LogP contribution in [0.1, 0.15) is 26.3 Å². The van der Waals surface area contributed by atoms with Crippen molar-refractivity contribution in [1.82, 2.24) is 5.32 Å². The first-order chi connectivity index (χ1) is 10.9. The minimum absolute atomic E-state index is 0.205. The van der Waals surface area contributed by atoms with Crippen LogP contribution in [0.4, 0.5) is 18.0 Å². The average Bonchev–Trinajstić information content (AvgIpc) is 2.43. The fraction of sp³-hybridized carbons (Fsp3) is 0.500. The van der Waals surface area contributed by atoms with Gasteiger partial charge in [-0.05, 0) is 26.3 Å². The van der Waals surface area contributed by atoms with Gasteiger partial charge in [-0.25, -0.2) is 9.59 Å². The van der Waals surface area contributed by atoms with E-state index in [0.29, 0.717) is 0 Å². The van der Waals surface area contributed by atoms with Gasteiger partial charge in [0.05, 0.1) is 7.11 Å². The summed E-state index contributed by atoms with van der Waals surface area (Å²) in [5.74, 6) is -1.62. The Hall–Kier alpha value is -2.25. The van der Waals surface area contributed by atoms with Crippen LogP contribution in [0.15, 0.2) is 30.3 Å². The molecule has 8 heteroatoms. The number of nitrogens with one attached hydrogen (secondary N) is 1. The van der Waals surface area contributed by atoms with Gasteiger partial charge in [0.1, 0.15) is 5.60 Å². The molecule has 0 radical (unpaired) electrons. The van der Waals surface area contributed by atoms with Crippen LogP contribution in [0.25, 0.3) is 0 Å². The zero-order valence-corrected chi connectivity index (χ0v) is 13.9. The quantitative estimate of drug-likeness (QED) is 0.850. The second-order valence-corrected chi connectivity index (χ2v) is 6.18. The lowest BCUT2D eigenvalue weighted by Crippen LogP contribution is -2.66. The zero-order valence-electron chi connectivity index (χ0n) is 13.9. The highest BCUT2D eigenvalue weighted by atomic mass is 19.4. The molecule has 1 atom stereocenters. The monoisotopic (exact) mass is 347 g/mol. The molecule has 0 aliphatic heterocycles. The van der Waals surface area contributed by atoms with Gasteiger partial charge >= 0.3 is 18.2 Å². The predicted molar refractivity (Wildman–Crippen MR) is 80.3 cm³/mol. The van der Waals surface area contributed by atoms with Crippen molar-refractivity contribution in [3.8, 4) is 0 Å². The van der Waals surface area contributed by atoms with Gasteiger partial charge in [-0.2, -0.15) is 13.2 Å². The molecule has 0 aromatic heterocycles. The number of rotatable bonds is 4. The Labute approximate surface area is 138 Å². The molecular formula is C16H20F3NO4. The Kier molecular flexibility index (Phi) is 5.86. The number of hydrogen-bond donors (Lipinski definition) is 1. The van der Waals surface area contributed by atoms with Gasteiger partial charge in [-0.1, -0.05) is 30.3 Å². The molecule has 1 amide bonds. The number of amides is 1. The third-order valence-corrected chi connectivity index (χ3v) is 3.04.